The molecule has 488 valence electrons. The molecule has 10 rings (SSSR count). The second-order valence-corrected chi connectivity index (χ2v) is 23.2. The number of hydrogen-bond donors (Lipinski definition) is 13. The van der Waals surface area contributed by atoms with Gasteiger partial charge in [-0.15, -0.1) is 0 Å². The Kier molecular flexibility index (Phi) is 20.9. The number of aliphatic carboxylic acids is 1. The number of aromatic amines is 3. The van der Waals surface area contributed by atoms with Crippen molar-refractivity contribution >= 4 is 86.8 Å². The molecule has 1 saturated heterocycles. The number of amides is 10. The van der Waals surface area contributed by atoms with Crippen LogP contribution in [0.15, 0.2) is 110 Å². The van der Waals surface area contributed by atoms with Gasteiger partial charge in [-0.3, -0.25) is 52.7 Å². The third kappa shape index (κ3) is 16.7. The third-order valence-corrected chi connectivity index (χ3v) is 16.5. The molecular weight excluding hydrogens is 1210 g/mol. The van der Waals surface area contributed by atoms with Crippen molar-refractivity contribution in [1.82, 2.24) is 67.4 Å². The predicted octanol–water partition coefficient (Wildman–Crippen LogP) is 0.947. The number of carboxylic acid groups (broad SMARTS) is 1. The molecule has 0 spiro atoms. The van der Waals surface area contributed by atoms with Gasteiger partial charge in [0.15, 0.2) is 0 Å². The number of benzene rings is 4. The van der Waals surface area contributed by atoms with E-state index < -0.39 is 144 Å². The molecule has 4 aromatic carbocycles. The Hall–Kier alpha value is -11.0. The second kappa shape index (κ2) is 29.3. The number of H-pyrrole nitrogens is 3. The fourth-order valence-electron chi connectivity index (χ4n) is 11.3. The lowest BCUT2D eigenvalue weighted by molar-refractivity contribution is -0.147. The van der Waals surface area contributed by atoms with E-state index in [1.807, 2.05) is 0 Å². The first-order chi connectivity index (χ1) is 44.4. The van der Waals surface area contributed by atoms with Crippen LogP contribution in [-0.4, -0.2) is 156 Å². The highest BCUT2D eigenvalue weighted by Gasteiger charge is 2.49. The van der Waals surface area contributed by atoms with Crippen molar-refractivity contribution in [1.29, 1.82) is 0 Å². The highest BCUT2D eigenvalue weighted by molar-refractivity contribution is 6.01. The molecule has 29 heteroatoms. The number of methoxy groups -OCH3 is 1. The van der Waals surface area contributed by atoms with Gasteiger partial charge in [-0.25, -0.2) is 13.8 Å². The first kappa shape index (κ1) is 66.4. The number of rotatable bonds is 12. The number of nitrogens with two attached hydrogens (primary N) is 1. The van der Waals surface area contributed by atoms with Crippen LogP contribution in [-0.2, 0) is 91.4 Å². The molecule has 93 heavy (non-hydrogen) atoms. The Morgan fingerprint density at radius 1 is 0.656 bits per heavy atom. The largest absolute Gasteiger partial charge is 0.497 e. The number of nitrogens with zero attached hydrogens (tertiary/aromatic N) is 2. The van der Waals surface area contributed by atoms with Crippen molar-refractivity contribution in [3.8, 4) is 5.75 Å². The number of halogens is 2. The zero-order chi connectivity index (χ0) is 66.7. The molecule has 3 aromatic heterocycles. The summed E-state index contributed by atoms with van der Waals surface area (Å²) in [7, 11) is 1.45. The number of fused-ring (bicyclic) bond motifs is 29. The van der Waals surface area contributed by atoms with Gasteiger partial charge >= 0.3 is 5.97 Å². The van der Waals surface area contributed by atoms with Crippen molar-refractivity contribution in [2.24, 2.45) is 5.73 Å². The van der Waals surface area contributed by atoms with Gasteiger partial charge in [0, 0.05) is 84.9 Å². The number of ether oxygens (including phenoxy) is 1. The predicted molar refractivity (Wildman–Crippen MR) is 330 cm³/mol. The summed E-state index contributed by atoms with van der Waals surface area (Å²) in [6, 6.07) is 9.14. The summed E-state index contributed by atoms with van der Waals surface area (Å²) in [5.74, 6) is -11.8. The molecule has 8 atom stereocenters. The minimum absolute atomic E-state index is 0.0217. The quantitative estimate of drug-likeness (QED) is 0.0758. The Morgan fingerprint density at radius 2 is 1.20 bits per heavy atom. The Morgan fingerprint density at radius 3 is 1.76 bits per heavy atom. The molecule has 0 unspecified atom stereocenters. The molecule has 6 heterocycles. The van der Waals surface area contributed by atoms with E-state index in [0.29, 0.717) is 44.4 Å². The second-order valence-electron chi connectivity index (χ2n) is 23.2. The molecule has 0 radical (unpaired) electrons. The van der Waals surface area contributed by atoms with Gasteiger partial charge in [0.1, 0.15) is 65.2 Å². The average Bonchev–Trinajstić information content (AvgIpc) is 1.71. The lowest BCUT2D eigenvalue weighted by Gasteiger charge is -2.37. The molecule has 2 bridgehead atoms. The summed E-state index contributed by atoms with van der Waals surface area (Å²) < 4.78 is 35.0. The van der Waals surface area contributed by atoms with Crippen LogP contribution < -0.4 is 53.0 Å². The Balaban J connectivity index is 1.08. The molecule has 0 saturated carbocycles. The Labute approximate surface area is 529 Å². The lowest BCUT2D eigenvalue weighted by Crippen LogP contribution is -2.63. The van der Waals surface area contributed by atoms with E-state index in [0.717, 1.165) is 0 Å². The number of aromatic nitrogens is 4. The van der Waals surface area contributed by atoms with Crippen molar-refractivity contribution in [2.45, 2.75) is 126 Å². The van der Waals surface area contributed by atoms with Crippen LogP contribution in [0.2, 0.25) is 0 Å². The van der Waals surface area contributed by atoms with Crippen molar-refractivity contribution in [2.75, 3.05) is 13.7 Å². The molecule has 14 N–H and O–H groups in total. The van der Waals surface area contributed by atoms with Crippen molar-refractivity contribution in [3.05, 3.63) is 155 Å². The summed E-state index contributed by atoms with van der Waals surface area (Å²) in [5, 5.41) is 31.7. The normalized spacial score (nSPS) is 23.0. The standard InChI is InChI=1S/C64H70F2N14O13/c1-33-57(86)74-48(21-37-29-69-45-15-11-39(65)23-43(37)45)58(87)75-49(22-38-30-70-46-16-12-40(66)24-44(38)46)59(88)77-51(27-55(83)84)61(90)76-50(25-41-31-68-32-72-41)60(89)78-52(19-34-9-13-42(93-3)14-10-34)62(91)80-18-4-17-64(80,2)63(92)79-47(56(67)85)26-53(81)71-28-36-7-5-35(6-8-36)20-54(82)73-33/h5-16,23-24,29-33,47-52,69-70H,4,17-22,25-28H2,1-3H3,(H2,67,85)(H,68,72)(H,71,81)(H,73,82)(H,74,86)(H,75,87)(H,76,90)(H,77,88)(H,78,89)(H,79,92)(H,83,84)/t33-,47+,48+,49+,50+,51+,52+,64+/m1/s1. The number of carbonyl (C=O) groups is 11. The molecule has 27 nitrogen and oxygen atoms in total. The number of nitrogens with one attached hydrogen (secondary N) is 11. The maximum atomic E-state index is 15.2. The number of carbonyl (C=O) groups excluding carboxylic acids is 10. The molecule has 3 aliphatic rings. The van der Waals surface area contributed by atoms with Crippen LogP contribution in [0.4, 0.5) is 8.78 Å². The fourth-order valence-corrected chi connectivity index (χ4v) is 11.3. The monoisotopic (exact) mass is 1280 g/mol. The topological polar surface area (TPSA) is 403 Å². The van der Waals surface area contributed by atoms with E-state index in [9.17, 15) is 61.8 Å². The van der Waals surface area contributed by atoms with Gasteiger partial charge in [0.05, 0.1) is 32.7 Å². The smallest absolute Gasteiger partial charge is 0.305 e. The van der Waals surface area contributed by atoms with Crippen LogP contribution in [0.25, 0.3) is 21.8 Å². The van der Waals surface area contributed by atoms with Crippen LogP contribution in [0, 0.1) is 11.6 Å². The lowest BCUT2D eigenvalue weighted by atomic mass is 9.95. The highest BCUT2D eigenvalue weighted by Crippen LogP contribution is 2.31. The first-order valence-electron chi connectivity index (χ1n) is 29.8. The van der Waals surface area contributed by atoms with Gasteiger partial charge in [0.2, 0.25) is 59.1 Å². The maximum absolute atomic E-state index is 15.2. The van der Waals surface area contributed by atoms with E-state index in [1.165, 1.54) is 87.2 Å². The van der Waals surface area contributed by atoms with Gasteiger partial charge in [0.25, 0.3) is 0 Å². The van der Waals surface area contributed by atoms with E-state index in [1.54, 1.807) is 48.5 Å². The van der Waals surface area contributed by atoms with Crippen LogP contribution in [0.3, 0.4) is 0 Å². The highest BCUT2D eigenvalue weighted by atomic mass is 19.1. The van der Waals surface area contributed by atoms with Crippen LogP contribution in [0.5, 0.6) is 5.75 Å². The van der Waals surface area contributed by atoms with Crippen LogP contribution in [0.1, 0.15) is 73.0 Å². The summed E-state index contributed by atoms with van der Waals surface area (Å²) in [5.41, 5.74) is 7.34. The zero-order valence-corrected chi connectivity index (χ0v) is 50.8. The van der Waals surface area contributed by atoms with Gasteiger partial charge in [-0.05, 0) is 103 Å². The average molecular weight is 1280 g/mol. The van der Waals surface area contributed by atoms with Gasteiger partial charge in [-0.1, -0.05) is 36.4 Å². The molecule has 7 aromatic rings. The summed E-state index contributed by atoms with van der Waals surface area (Å²) >= 11 is 0. The third-order valence-electron chi connectivity index (χ3n) is 16.5. The molecule has 10 amide bonds. The van der Waals surface area contributed by atoms with Crippen molar-refractivity contribution in [3.63, 3.8) is 0 Å². The number of carboxylic acids is 1. The fraction of sp³-hybridized carbons (Fsp3) is 0.344. The van der Waals surface area contributed by atoms with Gasteiger partial charge in [-0.2, -0.15) is 0 Å². The minimum atomic E-state index is -2.03. The Bertz CT molecular complexity index is 3970. The number of hydrogen-bond acceptors (Lipinski definition) is 13. The van der Waals surface area contributed by atoms with Crippen LogP contribution >= 0.6 is 0 Å². The number of primary amides is 1. The maximum Gasteiger partial charge on any atom is 0.305 e. The molecular formula is C64H70F2N14O13. The van der Waals surface area contributed by atoms with E-state index in [4.69, 9.17) is 10.5 Å². The van der Waals surface area contributed by atoms with E-state index >= 15 is 4.79 Å². The minimum Gasteiger partial charge on any atom is -0.497 e. The summed E-state index contributed by atoms with van der Waals surface area (Å²) in [6.07, 6.45) is 2.52. The summed E-state index contributed by atoms with van der Waals surface area (Å²) in [6.45, 7) is 2.72. The van der Waals surface area contributed by atoms with E-state index in [2.05, 4.69) is 62.5 Å². The first-order valence-corrected chi connectivity index (χ1v) is 29.8. The molecule has 1 fully saturated rings. The van der Waals surface area contributed by atoms with Crippen molar-refractivity contribution < 1.29 is 71.4 Å². The molecule has 0 aliphatic carbocycles. The SMILES string of the molecule is COc1ccc(C[C@@H]2NC(=O)[C@H](Cc3cnc[nH]3)NC(=O)[C@H](CC(=O)O)NC(=O)[C@H](Cc3c[nH]c4ccc(F)cc34)NC(=O)[C@H](Cc3c[nH]c4ccc(F)cc34)NC(=O)[C@@H](C)NC(=O)Cc3ccc(cc3)CNC(=O)C[C@@H](C(N)=O)NC(=O)[C@]3(C)CCCN3C2=O)cc1. The zero-order valence-electron chi connectivity index (χ0n) is 50.8. The van der Waals surface area contributed by atoms with E-state index in [-0.39, 0.29) is 68.3 Å². The molecule has 3 aliphatic heterocycles. The van der Waals surface area contributed by atoms with Gasteiger partial charge < -0.3 is 78.0 Å². The number of imidazole rings is 1. The summed E-state index contributed by atoms with van der Waals surface area (Å²) in [4.78, 5) is 170.